The predicted octanol–water partition coefficient (Wildman–Crippen LogP) is 2.81. The average Bonchev–Trinajstić information content (AvgIpc) is 1.97. The van der Waals surface area contributed by atoms with Crippen molar-refractivity contribution in [3.63, 3.8) is 0 Å². The lowest BCUT2D eigenvalue weighted by molar-refractivity contribution is -0.140. The molecule has 1 aromatic rings. The second-order valence-corrected chi connectivity index (χ2v) is 4.34. The number of aryl methyl sites for hydroxylation is 1. The first-order valence-electron chi connectivity index (χ1n) is 3.85. The molecule has 0 aliphatic carbocycles. The molecule has 0 saturated heterocycles. The molecule has 0 spiro atoms. The summed E-state index contributed by atoms with van der Waals surface area (Å²) in [6, 6.07) is 0.886. The van der Waals surface area contributed by atoms with Gasteiger partial charge >= 0.3 is 16.4 Å². The Bertz CT molecular complexity index is 518. The molecule has 16 heavy (non-hydrogen) atoms. The maximum absolute atomic E-state index is 13.0. The molecule has 1 rings (SSSR count). The topological polar surface area (TPSA) is 34.1 Å². The molecule has 0 aliphatic heterocycles. The van der Waals surface area contributed by atoms with Gasteiger partial charge in [0, 0.05) is 0 Å². The van der Waals surface area contributed by atoms with Gasteiger partial charge in [-0.2, -0.15) is 21.6 Å². The third-order valence-electron chi connectivity index (χ3n) is 1.74. The van der Waals surface area contributed by atoms with E-state index in [2.05, 4.69) is 0 Å². The molecule has 0 saturated carbocycles. The molecule has 2 nitrogen and oxygen atoms in total. The van der Waals surface area contributed by atoms with E-state index in [1.807, 2.05) is 0 Å². The van der Waals surface area contributed by atoms with Gasteiger partial charge in [0.1, 0.15) is 10.7 Å². The van der Waals surface area contributed by atoms with Gasteiger partial charge in [-0.15, -0.1) is 3.89 Å². The summed E-state index contributed by atoms with van der Waals surface area (Å²) in [5.74, 6) is -1.75. The summed E-state index contributed by atoms with van der Waals surface area (Å²) >= 11 is 0. The number of alkyl halides is 3. The predicted molar refractivity (Wildman–Crippen MR) is 44.4 cm³/mol. The third kappa shape index (κ3) is 2.49. The van der Waals surface area contributed by atoms with Crippen LogP contribution in [-0.2, 0) is 16.4 Å². The van der Waals surface area contributed by atoms with Crippen LogP contribution in [0.25, 0.3) is 0 Å². The zero-order valence-corrected chi connectivity index (χ0v) is 8.59. The fourth-order valence-corrected chi connectivity index (χ4v) is 1.92. The van der Waals surface area contributed by atoms with Crippen molar-refractivity contribution in [2.45, 2.75) is 18.0 Å². The largest absolute Gasteiger partial charge is 0.417 e. The molecule has 8 heteroatoms. The summed E-state index contributed by atoms with van der Waals surface area (Å²) in [5.41, 5.74) is -2.00. The summed E-state index contributed by atoms with van der Waals surface area (Å²) in [6.45, 7) is 1.13. The first-order chi connectivity index (χ1) is 7.03. The normalized spacial score (nSPS) is 12.9. The molecule has 1 aromatic carbocycles. The van der Waals surface area contributed by atoms with E-state index in [0.717, 1.165) is 6.92 Å². The van der Waals surface area contributed by atoms with Crippen molar-refractivity contribution in [2.75, 3.05) is 0 Å². The summed E-state index contributed by atoms with van der Waals surface area (Å²) in [7, 11) is -5.76. The Morgan fingerprint density at radius 1 is 1.19 bits per heavy atom. The molecule has 0 unspecified atom stereocenters. The molecule has 0 fully saturated rings. The molecule has 0 bridgehead atoms. The number of hydrogen-bond donors (Lipinski definition) is 0. The van der Waals surface area contributed by atoms with Crippen LogP contribution in [0.2, 0.25) is 0 Å². The first kappa shape index (κ1) is 12.9. The molecular weight excluding hydrogens is 255 g/mol. The van der Waals surface area contributed by atoms with E-state index < -0.39 is 32.7 Å². The van der Waals surface area contributed by atoms with Gasteiger partial charge in [-0.1, -0.05) is 0 Å². The van der Waals surface area contributed by atoms with E-state index in [1.54, 1.807) is 0 Å². The Morgan fingerprint density at radius 2 is 1.69 bits per heavy atom. The summed E-state index contributed by atoms with van der Waals surface area (Å²) in [6.07, 6.45) is -5.14. The van der Waals surface area contributed by atoms with Gasteiger partial charge in [0.05, 0.1) is 5.56 Å². The molecule has 0 atom stereocenters. The van der Waals surface area contributed by atoms with Crippen molar-refractivity contribution < 1.29 is 29.9 Å². The maximum atomic E-state index is 13.0. The van der Waals surface area contributed by atoms with Crippen molar-refractivity contribution in [1.82, 2.24) is 0 Å². The fourth-order valence-electron chi connectivity index (χ4n) is 1.19. The highest BCUT2D eigenvalue weighted by Crippen LogP contribution is 2.36. The van der Waals surface area contributed by atoms with E-state index in [9.17, 15) is 29.9 Å². The standard InChI is InChI=1S/C8H5F5O2S/c1-4-2-5(8(10,11)12)7(6(9)3-4)16(13,14)15/h2-3H,1H3. The molecule has 0 aromatic heterocycles. The van der Waals surface area contributed by atoms with Gasteiger partial charge in [-0.3, -0.25) is 0 Å². The zero-order chi connectivity index (χ0) is 12.7. The van der Waals surface area contributed by atoms with Crippen LogP contribution >= 0.6 is 0 Å². The Morgan fingerprint density at radius 3 is 2.06 bits per heavy atom. The molecular formula is C8H5F5O2S. The van der Waals surface area contributed by atoms with E-state index >= 15 is 0 Å². The second kappa shape index (κ2) is 3.69. The Labute approximate surface area is 87.9 Å². The minimum atomic E-state index is -5.76. The molecule has 0 aliphatic rings. The van der Waals surface area contributed by atoms with E-state index in [1.165, 1.54) is 0 Å². The lowest BCUT2D eigenvalue weighted by Gasteiger charge is -2.11. The van der Waals surface area contributed by atoms with Crippen molar-refractivity contribution in [3.8, 4) is 0 Å². The van der Waals surface area contributed by atoms with Crippen molar-refractivity contribution >= 4 is 10.2 Å². The molecule has 0 N–H and O–H groups in total. The van der Waals surface area contributed by atoms with Gasteiger partial charge < -0.3 is 0 Å². The zero-order valence-electron chi connectivity index (χ0n) is 7.77. The lowest BCUT2D eigenvalue weighted by Crippen LogP contribution is -2.13. The SMILES string of the molecule is Cc1cc(F)c(S(=O)(=O)F)c(C(F)(F)F)c1. The summed E-state index contributed by atoms with van der Waals surface area (Å²) in [5, 5.41) is 0. The van der Waals surface area contributed by atoms with E-state index in [-0.39, 0.29) is 5.56 Å². The van der Waals surface area contributed by atoms with Crippen molar-refractivity contribution in [1.29, 1.82) is 0 Å². The van der Waals surface area contributed by atoms with Crippen molar-refractivity contribution in [3.05, 3.63) is 29.1 Å². The summed E-state index contributed by atoms with van der Waals surface area (Å²) in [4.78, 5) is -1.97. The molecule has 0 heterocycles. The van der Waals surface area contributed by atoms with E-state index in [0.29, 0.717) is 12.1 Å². The van der Waals surface area contributed by atoms with Crippen LogP contribution in [-0.4, -0.2) is 8.42 Å². The van der Waals surface area contributed by atoms with Crippen LogP contribution in [0.5, 0.6) is 0 Å². The van der Waals surface area contributed by atoms with Crippen molar-refractivity contribution in [2.24, 2.45) is 0 Å². The van der Waals surface area contributed by atoms with E-state index in [4.69, 9.17) is 0 Å². The first-order valence-corrected chi connectivity index (χ1v) is 5.24. The number of halogens is 5. The van der Waals surface area contributed by atoms with Gasteiger partial charge in [0.2, 0.25) is 0 Å². The van der Waals surface area contributed by atoms with Crippen LogP contribution in [0.1, 0.15) is 11.1 Å². The molecule has 0 radical (unpaired) electrons. The number of rotatable bonds is 1. The van der Waals surface area contributed by atoms with Crippen LogP contribution < -0.4 is 0 Å². The average molecular weight is 260 g/mol. The monoisotopic (exact) mass is 260 g/mol. The molecule has 90 valence electrons. The minimum Gasteiger partial charge on any atom is -0.205 e. The smallest absolute Gasteiger partial charge is 0.205 e. The van der Waals surface area contributed by atoms with Gasteiger partial charge in [0.15, 0.2) is 0 Å². The second-order valence-electron chi connectivity index (χ2n) is 3.06. The highest BCUT2D eigenvalue weighted by Gasteiger charge is 2.39. The van der Waals surface area contributed by atoms with Crippen LogP contribution in [0.4, 0.5) is 21.4 Å². The van der Waals surface area contributed by atoms with Gasteiger partial charge in [0.25, 0.3) is 0 Å². The van der Waals surface area contributed by atoms with Gasteiger partial charge in [-0.25, -0.2) is 4.39 Å². The molecule has 0 amide bonds. The number of hydrogen-bond acceptors (Lipinski definition) is 2. The van der Waals surface area contributed by atoms with Crippen LogP contribution in [0.3, 0.4) is 0 Å². The van der Waals surface area contributed by atoms with Gasteiger partial charge in [-0.05, 0) is 24.6 Å². The lowest BCUT2D eigenvalue weighted by atomic mass is 10.1. The van der Waals surface area contributed by atoms with Crippen LogP contribution in [0.15, 0.2) is 17.0 Å². The Balaban J connectivity index is 3.72. The van der Waals surface area contributed by atoms with Crippen LogP contribution in [0, 0.1) is 12.7 Å². The fraction of sp³-hybridized carbons (Fsp3) is 0.250. The Kier molecular flexibility index (Phi) is 2.97. The maximum Gasteiger partial charge on any atom is 0.417 e. The highest BCUT2D eigenvalue weighted by atomic mass is 32.3. The summed E-state index contributed by atoms with van der Waals surface area (Å²) < 4.78 is 83.4. The third-order valence-corrected chi connectivity index (χ3v) is 2.64. The number of benzene rings is 1. The quantitative estimate of drug-likeness (QED) is 0.574. The highest BCUT2D eigenvalue weighted by molar-refractivity contribution is 7.86. The minimum absolute atomic E-state index is 0.155. The Hall–Kier alpha value is -1.18.